The molecule has 2 nitrogen and oxygen atoms in total. The van der Waals surface area contributed by atoms with Crippen molar-refractivity contribution in [2.45, 2.75) is 20.5 Å². The van der Waals surface area contributed by atoms with E-state index in [-0.39, 0.29) is 6.61 Å². The Balaban J connectivity index is 2.49. The second-order valence-corrected chi connectivity index (χ2v) is 3.51. The number of rotatable bonds is 4. The fourth-order valence-electron chi connectivity index (χ4n) is 0.954. The molecule has 0 amide bonds. The minimum Gasteiger partial charge on any atom is -0.493 e. The lowest BCUT2D eigenvalue weighted by Crippen LogP contribution is -2.04. The minimum atomic E-state index is 0.0878. The summed E-state index contributed by atoms with van der Waals surface area (Å²) >= 11 is 0. The molecule has 0 aromatic heterocycles. The molecule has 13 heavy (non-hydrogen) atoms. The van der Waals surface area contributed by atoms with E-state index in [0.717, 1.165) is 17.9 Å². The zero-order chi connectivity index (χ0) is 9.68. The molecule has 0 atom stereocenters. The minimum absolute atomic E-state index is 0.0878. The molecule has 1 N–H and O–H groups in total. The summed E-state index contributed by atoms with van der Waals surface area (Å²) in [6.45, 7) is 5.05. The Labute approximate surface area is 79.2 Å². The summed E-state index contributed by atoms with van der Waals surface area (Å²) in [5.41, 5.74) is 0.914. The predicted octanol–water partition coefficient (Wildman–Crippen LogP) is 2.21. The van der Waals surface area contributed by atoms with E-state index in [1.165, 1.54) is 0 Å². The van der Waals surface area contributed by atoms with Crippen molar-refractivity contribution in [2.24, 2.45) is 5.92 Å². The van der Waals surface area contributed by atoms with Crippen LogP contribution in [0, 0.1) is 5.92 Å². The molecular formula is C11H16O2. The fraction of sp³-hybridized carbons (Fsp3) is 0.455. The maximum Gasteiger partial charge on any atom is 0.119 e. The van der Waals surface area contributed by atoms with Crippen molar-refractivity contribution >= 4 is 0 Å². The Morgan fingerprint density at radius 1 is 1.23 bits per heavy atom. The molecule has 1 rings (SSSR count). The van der Waals surface area contributed by atoms with Gasteiger partial charge < -0.3 is 9.84 Å². The Hall–Kier alpha value is -1.02. The first-order valence-electron chi connectivity index (χ1n) is 4.55. The number of ether oxygens (including phenoxy) is 1. The van der Waals surface area contributed by atoms with Crippen LogP contribution < -0.4 is 4.74 Å². The van der Waals surface area contributed by atoms with Gasteiger partial charge in [0, 0.05) is 0 Å². The zero-order valence-electron chi connectivity index (χ0n) is 8.16. The van der Waals surface area contributed by atoms with Crippen LogP contribution in [0.3, 0.4) is 0 Å². The van der Waals surface area contributed by atoms with Gasteiger partial charge in [-0.25, -0.2) is 0 Å². The number of hydrogen-bond acceptors (Lipinski definition) is 2. The summed E-state index contributed by atoms with van der Waals surface area (Å²) in [5, 5.41) is 8.81. The van der Waals surface area contributed by atoms with E-state index >= 15 is 0 Å². The number of hydrogen-bond donors (Lipinski definition) is 1. The summed E-state index contributed by atoms with van der Waals surface area (Å²) in [4.78, 5) is 0. The number of aliphatic hydroxyl groups is 1. The van der Waals surface area contributed by atoms with Crippen molar-refractivity contribution in [3.05, 3.63) is 29.8 Å². The standard InChI is InChI=1S/C11H16O2/c1-9(2)8-13-11-5-3-10(7-12)4-6-11/h3-6,9,12H,7-8H2,1-2H3. The predicted molar refractivity (Wildman–Crippen MR) is 52.7 cm³/mol. The number of benzene rings is 1. The fourth-order valence-corrected chi connectivity index (χ4v) is 0.954. The smallest absolute Gasteiger partial charge is 0.119 e. The molecule has 2 heteroatoms. The van der Waals surface area contributed by atoms with Crippen molar-refractivity contribution in [1.29, 1.82) is 0 Å². The van der Waals surface area contributed by atoms with E-state index in [1.807, 2.05) is 24.3 Å². The molecule has 0 saturated heterocycles. The van der Waals surface area contributed by atoms with Crippen molar-refractivity contribution < 1.29 is 9.84 Å². The summed E-state index contributed by atoms with van der Waals surface area (Å²) < 4.78 is 5.49. The molecule has 0 heterocycles. The molecule has 0 fully saturated rings. The van der Waals surface area contributed by atoms with E-state index in [4.69, 9.17) is 9.84 Å². The molecule has 0 spiro atoms. The lowest BCUT2D eigenvalue weighted by molar-refractivity contribution is 0.269. The Bertz CT molecular complexity index is 239. The van der Waals surface area contributed by atoms with Gasteiger partial charge in [-0.3, -0.25) is 0 Å². The summed E-state index contributed by atoms with van der Waals surface area (Å²) in [6.07, 6.45) is 0. The van der Waals surface area contributed by atoms with E-state index in [1.54, 1.807) is 0 Å². The van der Waals surface area contributed by atoms with E-state index in [9.17, 15) is 0 Å². The molecule has 72 valence electrons. The molecule has 0 aliphatic carbocycles. The highest BCUT2D eigenvalue weighted by atomic mass is 16.5. The Morgan fingerprint density at radius 3 is 2.31 bits per heavy atom. The van der Waals surface area contributed by atoms with Gasteiger partial charge in [0.25, 0.3) is 0 Å². The van der Waals surface area contributed by atoms with Crippen molar-refractivity contribution in [2.75, 3.05) is 6.61 Å². The van der Waals surface area contributed by atoms with Crippen LogP contribution in [0.4, 0.5) is 0 Å². The number of aliphatic hydroxyl groups excluding tert-OH is 1. The van der Waals surface area contributed by atoms with Crippen LogP contribution in [0.15, 0.2) is 24.3 Å². The van der Waals surface area contributed by atoms with Crippen molar-refractivity contribution in [1.82, 2.24) is 0 Å². The van der Waals surface area contributed by atoms with Crippen molar-refractivity contribution in [3.63, 3.8) is 0 Å². The van der Waals surface area contributed by atoms with Crippen LogP contribution in [-0.2, 0) is 6.61 Å². The first-order chi connectivity index (χ1) is 6.22. The van der Waals surface area contributed by atoms with Gasteiger partial charge >= 0.3 is 0 Å². The van der Waals surface area contributed by atoms with Gasteiger partial charge in [0.1, 0.15) is 5.75 Å². The molecule has 0 bridgehead atoms. The highest BCUT2D eigenvalue weighted by Gasteiger charge is 1.96. The molecular weight excluding hydrogens is 164 g/mol. The van der Waals surface area contributed by atoms with Gasteiger partial charge in [-0.2, -0.15) is 0 Å². The van der Waals surface area contributed by atoms with E-state index < -0.39 is 0 Å². The van der Waals surface area contributed by atoms with Crippen LogP contribution in [0.5, 0.6) is 5.75 Å². The van der Waals surface area contributed by atoms with Gasteiger partial charge in [-0.15, -0.1) is 0 Å². The Kier molecular flexibility index (Phi) is 3.77. The molecule has 0 unspecified atom stereocenters. The maximum absolute atomic E-state index is 8.81. The second kappa shape index (κ2) is 4.87. The van der Waals surface area contributed by atoms with Crippen LogP contribution in [0.25, 0.3) is 0 Å². The van der Waals surface area contributed by atoms with Gasteiger partial charge in [0.15, 0.2) is 0 Å². The quantitative estimate of drug-likeness (QED) is 0.769. The van der Waals surface area contributed by atoms with Crippen molar-refractivity contribution in [3.8, 4) is 5.75 Å². The molecule has 0 radical (unpaired) electrons. The SMILES string of the molecule is CC(C)COc1ccc(CO)cc1. The largest absolute Gasteiger partial charge is 0.493 e. The van der Waals surface area contributed by atoms with Gasteiger partial charge in [-0.05, 0) is 23.6 Å². The maximum atomic E-state index is 8.81. The highest BCUT2D eigenvalue weighted by Crippen LogP contribution is 2.12. The average molecular weight is 180 g/mol. The molecule has 0 saturated carbocycles. The van der Waals surface area contributed by atoms with Gasteiger partial charge in [0.2, 0.25) is 0 Å². The third kappa shape index (κ3) is 3.47. The van der Waals surface area contributed by atoms with Crippen LogP contribution in [-0.4, -0.2) is 11.7 Å². The topological polar surface area (TPSA) is 29.5 Å². The van der Waals surface area contributed by atoms with Gasteiger partial charge in [-0.1, -0.05) is 26.0 Å². The third-order valence-electron chi connectivity index (χ3n) is 1.69. The normalized spacial score (nSPS) is 10.5. The molecule has 0 aliphatic heterocycles. The molecule has 1 aromatic rings. The average Bonchev–Trinajstić information content (AvgIpc) is 2.15. The first kappa shape index (κ1) is 10.1. The monoisotopic (exact) mass is 180 g/mol. The summed E-state index contributed by atoms with van der Waals surface area (Å²) in [7, 11) is 0. The highest BCUT2D eigenvalue weighted by molar-refractivity contribution is 5.26. The van der Waals surface area contributed by atoms with Crippen LogP contribution in [0.2, 0.25) is 0 Å². The molecule has 0 aliphatic rings. The Morgan fingerprint density at radius 2 is 1.85 bits per heavy atom. The van der Waals surface area contributed by atoms with E-state index in [2.05, 4.69) is 13.8 Å². The second-order valence-electron chi connectivity index (χ2n) is 3.51. The van der Waals surface area contributed by atoms with E-state index in [0.29, 0.717) is 5.92 Å². The molecule has 1 aromatic carbocycles. The van der Waals surface area contributed by atoms with Crippen LogP contribution in [0.1, 0.15) is 19.4 Å². The lowest BCUT2D eigenvalue weighted by atomic mass is 10.2. The summed E-state index contributed by atoms with van der Waals surface area (Å²) in [5.74, 6) is 1.41. The van der Waals surface area contributed by atoms with Gasteiger partial charge in [0.05, 0.1) is 13.2 Å². The lowest BCUT2D eigenvalue weighted by Gasteiger charge is -2.08. The third-order valence-corrected chi connectivity index (χ3v) is 1.69. The van der Waals surface area contributed by atoms with Crippen LogP contribution >= 0.6 is 0 Å². The zero-order valence-corrected chi connectivity index (χ0v) is 8.16. The summed E-state index contributed by atoms with van der Waals surface area (Å²) in [6, 6.07) is 7.51. The first-order valence-corrected chi connectivity index (χ1v) is 4.55.